The van der Waals surface area contributed by atoms with Gasteiger partial charge in [-0.3, -0.25) is 9.59 Å². The lowest BCUT2D eigenvalue weighted by Gasteiger charge is -2.14. The number of carbonyl (C=O) groups is 2. The van der Waals surface area contributed by atoms with Crippen LogP contribution in [-0.4, -0.2) is 53.9 Å². The van der Waals surface area contributed by atoms with Gasteiger partial charge in [0.1, 0.15) is 0 Å². The number of aliphatic hydroxyl groups is 1. The Kier molecular flexibility index (Phi) is 3.71. The van der Waals surface area contributed by atoms with Crippen molar-refractivity contribution in [2.75, 3.05) is 27.2 Å². The van der Waals surface area contributed by atoms with Crippen LogP contribution in [0.5, 0.6) is 0 Å². The van der Waals surface area contributed by atoms with Crippen LogP contribution in [0.3, 0.4) is 0 Å². The normalized spacial score (nSPS) is 16.7. The largest absolute Gasteiger partial charge is 0.503 e. The van der Waals surface area contributed by atoms with E-state index >= 15 is 0 Å². The Morgan fingerprint density at radius 2 is 1.80 bits per heavy atom. The van der Waals surface area contributed by atoms with Crippen molar-refractivity contribution in [3.8, 4) is 0 Å². The second kappa shape index (κ2) is 4.82. The number of likely N-dealkylation sites (N-methyl/N-ethyl adjacent to an activating group) is 1. The molecule has 1 heterocycles. The minimum absolute atomic E-state index is 0.389. The van der Waals surface area contributed by atoms with E-state index in [0.29, 0.717) is 13.1 Å². The van der Waals surface area contributed by atoms with Crippen LogP contribution in [0.4, 0.5) is 0 Å². The third-order valence-electron chi connectivity index (χ3n) is 2.31. The third-order valence-corrected chi connectivity index (χ3v) is 2.31. The molecule has 0 aromatic carbocycles. The molecule has 0 aliphatic carbocycles. The molecule has 5 heteroatoms. The van der Waals surface area contributed by atoms with Crippen molar-refractivity contribution >= 4 is 11.8 Å². The number of rotatable bonds is 2. The van der Waals surface area contributed by atoms with E-state index in [-0.39, 0.29) is 5.91 Å². The first-order chi connectivity index (χ1) is 7.02. The minimum atomic E-state index is -0.476. The first-order valence-corrected chi connectivity index (χ1v) is 4.93. The number of aliphatic hydroxyl groups excluding tert-OH is 1. The van der Waals surface area contributed by atoms with Crippen molar-refractivity contribution in [2.45, 2.75) is 12.8 Å². The summed E-state index contributed by atoms with van der Waals surface area (Å²) in [6.45, 7) is 1.32. The lowest BCUT2D eigenvalue weighted by molar-refractivity contribution is -0.130. The monoisotopic (exact) mass is 212 g/mol. The van der Waals surface area contributed by atoms with Gasteiger partial charge in [0.2, 0.25) is 5.91 Å². The zero-order chi connectivity index (χ0) is 11.4. The summed E-state index contributed by atoms with van der Waals surface area (Å²) in [6.07, 6.45) is 2.88. The fourth-order valence-electron chi connectivity index (χ4n) is 1.39. The Balaban J connectivity index is 2.62. The molecule has 0 saturated carbocycles. The van der Waals surface area contributed by atoms with Crippen LogP contribution in [0.25, 0.3) is 0 Å². The van der Waals surface area contributed by atoms with Crippen molar-refractivity contribution in [3.63, 3.8) is 0 Å². The summed E-state index contributed by atoms with van der Waals surface area (Å²) < 4.78 is 0. The molecule has 1 saturated heterocycles. The lowest BCUT2D eigenvalue weighted by Crippen LogP contribution is -2.30. The van der Waals surface area contributed by atoms with Crippen molar-refractivity contribution < 1.29 is 14.7 Å². The van der Waals surface area contributed by atoms with Crippen molar-refractivity contribution in [1.82, 2.24) is 9.80 Å². The van der Waals surface area contributed by atoms with Crippen molar-refractivity contribution in [2.24, 2.45) is 0 Å². The Hall–Kier alpha value is -1.52. The number of hydrogen-bond acceptors (Lipinski definition) is 3. The van der Waals surface area contributed by atoms with E-state index in [4.69, 9.17) is 0 Å². The van der Waals surface area contributed by atoms with E-state index in [1.54, 1.807) is 19.0 Å². The standard InChI is InChI=1S/C10H16N2O3/c1-11(2)9(14)7-8(13)10(15)12-5-3-4-6-12/h7,13H,3-6H2,1-2H3. The van der Waals surface area contributed by atoms with E-state index in [0.717, 1.165) is 18.9 Å². The van der Waals surface area contributed by atoms with Gasteiger partial charge in [0, 0.05) is 27.2 Å². The Morgan fingerprint density at radius 1 is 1.27 bits per heavy atom. The maximum absolute atomic E-state index is 11.5. The number of carbonyl (C=O) groups excluding carboxylic acids is 2. The van der Waals surface area contributed by atoms with Crippen LogP contribution in [-0.2, 0) is 9.59 Å². The molecule has 0 radical (unpaired) electrons. The van der Waals surface area contributed by atoms with Crippen LogP contribution >= 0.6 is 0 Å². The summed E-state index contributed by atoms with van der Waals surface area (Å²) in [5.41, 5.74) is 0. The van der Waals surface area contributed by atoms with Gasteiger partial charge >= 0.3 is 0 Å². The lowest BCUT2D eigenvalue weighted by atomic mass is 10.3. The van der Waals surface area contributed by atoms with Crippen molar-refractivity contribution in [3.05, 3.63) is 11.8 Å². The molecule has 1 rings (SSSR count). The van der Waals surface area contributed by atoms with Crippen LogP contribution in [0.1, 0.15) is 12.8 Å². The SMILES string of the molecule is CN(C)C(=O)C=C(O)C(=O)N1CCCC1. The molecule has 1 aliphatic heterocycles. The minimum Gasteiger partial charge on any atom is -0.503 e. The van der Waals surface area contributed by atoms with Crippen LogP contribution in [0.2, 0.25) is 0 Å². The fraction of sp³-hybridized carbons (Fsp3) is 0.600. The van der Waals surface area contributed by atoms with Crippen LogP contribution < -0.4 is 0 Å². The van der Waals surface area contributed by atoms with E-state index in [1.807, 2.05) is 0 Å². The molecular weight excluding hydrogens is 196 g/mol. The molecule has 84 valence electrons. The zero-order valence-corrected chi connectivity index (χ0v) is 9.06. The molecule has 2 amide bonds. The smallest absolute Gasteiger partial charge is 0.288 e. The molecule has 0 atom stereocenters. The molecule has 0 spiro atoms. The first-order valence-electron chi connectivity index (χ1n) is 4.93. The van der Waals surface area contributed by atoms with Gasteiger partial charge in [0.15, 0.2) is 5.76 Å². The molecule has 0 aromatic rings. The summed E-state index contributed by atoms with van der Waals surface area (Å²) in [6, 6.07) is 0. The van der Waals surface area contributed by atoms with E-state index in [9.17, 15) is 14.7 Å². The second-order valence-corrected chi connectivity index (χ2v) is 3.76. The van der Waals surface area contributed by atoms with Gasteiger partial charge in [0.25, 0.3) is 5.91 Å². The summed E-state index contributed by atoms with van der Waals surface area (Å²) in [5, 5.41) is 9.42. The molecule has 15 heavy (non-hydrogen) atoms. The summed E-state index contributed by atoms with van der Waals surface area (Å²) in [4.78, 5) is 25.6. The van der Waals surface area contributed by atoms with Gasteiger partial charge in [-0.15, -0.1) is 0 Å². The predicted octanol–water partition coefficient (Wildman–Crippen LogP) is 0.139. The van der Waals surface area contributed by atoms with Crippen LogP contribution in [0, 0.1) is 0 Å². The van der Waals surface area contributed by atoms with Gasteiger partial charge in [-0.1, -0.05) is 0 Å². The van der Waals surface area contributed by atoms with Gasteiger partial charge in [0.05, 0.1) is 6.08 Å². The molecule has 1 N–H and O–H groups in total. The predicted molar refractivity (Wildman–Crippen MR) is 55.2 cm³/mol. The third kappa shape index (κ3) is 2.97. The summed E-state index contributed by atoms with van der Waals surface area (Å²) >= 11 is 0. The molecule has 0 unspecified atom stereocenters. The first kappa shape index (κ1) is 11.6. The Labute approximate surface area is 89.0 Å². The Morgan fingerprint density at radius 3 is 2.27 bits per heavy atom. The molecule has 0 aromatic heterocycles. The average molecular weight is 212 g/mol. The van der Waals surface area contributed by atoms with Gasteiger partial charge in [-0.25, -0.2) is 0 Å². The van der Waals surface area contributed by atoms with Crippen molar-refractivity contribution in [1.29, 1.82) is 0 Å². The highest BCUT2D eigenvalue weighted by atomic mass is 16.3. The molecule has 1 fully saturated rings. The molecule has 5 nitrogen and oxygen atoms in total. The maximum Gasteiger partial charge on any atom is 0.288 e. The van der Waals surface area contributed by atoms with Gasteiger partial charge in [-0.05, 0) is 12.8 Å². The van der Waals surface area contributed by atoms with E-state index < -0.39 is 11.7 Å². The Bertz CT molecular complexity index is 291. The molecule has 1 aliphatic rings. The van der Waals surface area contributed by atoms with E-state index in [1.165, 1.54) is 4.90 Å². The number of hydrogen-bond donors (Lipinski definition) is 1. The number of amides is 2. The quantitative estimate of drug-likeness (QED) is 0.523. The fourth-order valence-corrected chi connectivity index (χ4v) is 1.39. The maximum atomic E-state index is 11.5. The number of nitrogens with zero attached hydrogens (tertiary/aromatic N) is 2. The van der Waals surface area contributed by atoms with E-state index in [2.05, 4.69) is 0 Å². The molecule has 0 bridgehead atoms. The van der Waals surface area contributed by atoms with Gasteiger partial charge < -0.3 is 14.9 Å². The summed E-state index contributed by atoms with van der Waals surface area (Å²) in [5.74, 6) is -1.32. The number of likely N-dealkylation sites (tertiary alicyclic amines) is 1. The van der Waals surface area contributed by atoms with Crippen LogP contribution in [0.15, 0.2) is 11.8 Å². The highest BCUT2D eigenvalue weighted by Gasteiger charge is 2.21. The van der Waals surface area contributed by atoms with Gasteiger partial charge in [-0.2, -0.15) is 0 Å². The highest BCUT2D eigenvalue weighted by molar-refractivity contribution is 5.99. The zero-order valence-electron chi connectivity index (χ0n) is 9.06. The molecular formula is C10H16N2O3. The highest BCUT2D eigenvalue weighted by Crippen LogP contribution is 2.10. The topological polar surface area (TPSA) is 60.9 Å². The second-order valence-electron chi connectivity index (χ2n) is 3.76. The average Bonchev–Trinajstić information content (AvgIpc) is 2.68. The summed E-state index contributed by atoms with van der Waals surface area (Å²) in [7, 11) is 3.12.